The van der Waals surface area contributed by atoms with Crippen LogP contribution >= 0.6 is 11.3 Å². The molecule has 1 aromatic rings. The van der Waals surface area contributed by atoms with Crippen LogP contribution in [0.5, 0.6) is 0 Å². The van der Waals surface area contributed by atoms with Crippen molar-refractivity contribution in [1.82, 2.24) is 0 Å². The molecule has 0 aliphatic carbocycles. The predicted molar refractivity (Wildman–Crippen MR) is 55.8 cm³/mol. The highest BCUT2D eigenvalue weighted by atomic mass is 32.2. The van der Waals surface area contributed by atoms with E-state index in [2.05, 4.69) is 0 Å². The lowest BCUT2D eigenvalue weighted by molar-refractivity contribution is 0.588. The van der Waals surface area contributed by atoms with Crippen LogP contribution in [-0.4, -0.2) is 13.7 Å². The van der Waals surface area contributed by atoms with Crippen LogP contribution < -0.4 is 5.73 Å². The third-order valence-corrected chi connectivity index (χ3v) is 5.18. The van der Waals surface area contributed by atoms with Crippen molar-refractivity contribution in [2.24, 2.45) is 0 Å². The summed E-state index contributed by atoms with van der Waals surface area (Å²) in [5.41, 5.74) is 6.06. The summed E-state index contributed by atoms with van der Waals surface area (Å²) in [4.78, 5) is 1.14. The van der Waals surface area contributed by atoms with Crippen molar-refractivity contribution in [2.45, 2.75) is 30.9 Å². The standard InChI is InChI=1S/C8H13NO2S2/c1-5(2)13(10,11)7-4-12-6(3)8(7)9/h4-5H,9H2,1-3H3. The van der Waals surface area contributed by atoms with Gasteiger partial charge >= 0.3 is 0 Å². The molecule has 74 valence electrons. The van der Waals surface area contributed by atoms with Gasteiger partial charge in [0.15, 0.2) is 9.84 Å². The molecule has 0 bridgehead atoms. The van der Waals surface area contributed by atoms with Gasteiger partial charge in [-0.2, -0.15) is 0 Å². The van der Waals surface area contributed by atoms with E-state index in [-0.39, 0.29) is 4.90 Å². The molecule has 0 saturated carbocycles. The average Bonchev–Trinajstić information content (AvgIpc) is 2.33. The van der Waals surface area contributed by atoms with Gasteiger partial charge in [0.1, 0.15) is 4.90 Å². The van der Waals surface area contributed by atoms with Crippen LogP contribution in [0.15, 0.2) is 10.3 Å². The molecule has 0 radical (unpaired) electrons. The maximum absolute atomic E-state index is 11.7. The van der Waals surface area contributed by atoms with Crippen LogP contribution in [0.1, 0.15) is 18.7 Å². The largest absolute Gasteiger partial charge is 0.397 e. The first-order valence-corrected chi connectivity index (χ1v) is 6.37. The Morgan fingerprint density at radius 2 is 2.00 bits per heavy atom. The maximum Gasteiger partial charge on any atom is 0.183 e. The number of nitrogens with two attached hydrogens (primary N) is 1. The molecule has 0 spiro atoms. The molecule has 1 aromatic heterocycles. The second-order valence-corrected chi connectivity index (χ2v) is 6.72. The summed E-state index contributed by atoms with van der Waals surface area (Å²) in [5.74, 6) is 0. The van der Waals surface area contributed by atoms with Gasteiger partial charge in [0.2, 0.25) is 0 Å². The van der Waals surface area contributed by atoms with Gasteiger partial charge in [0.25, 0.3) is 0 Å². The van der Waals surface area contributed by atoms with Gasteiger partial charge < -0.3 is 5.73 Å². The molecule has 0 unspecified atom stereocenters. The first-order valence-electron chi connectivity index (χ1n) is 3.95. The first-order chi connectivity index (χ1) is 5.87. The van der Waals surface area contributed by atoms with E-state index in [1.165, 1.54) is 11.3 Å². The lowest BCUT2D eigenvalue weighted by Crippen LogP contribution is -2.14. The van der Waals surface area contributed by atoms with Crippen LogP contribution in [0.2, 0.25) is 0 Å². The SMILES string of the molecule is Cc1scc(S(=O)(=O)C(C)C)c1N. The summed E-state index contributed by atoms with van der Waals surface area (Å²) in [6, 6.07) is 0. The van der Waals surface area contributed by atoms with Crippen molar-refractivity contribution in [3.8, 4) is 0 Å². The zero-order chi connectivity index (χ0) is 10.2. The second-order valence-electron chi connectivity index (χ2n) is 3.16. The summed E-state index contributed by atoms with van der Waals surface area (Å²) in [7, 11) is -3.20. The molecule has 13 heavy (non-hydrogen) atoms. The lowest BCUT2D eigenvalue weighted by Gasteiger charge is -2.06. The molecular weight excluding hydrogens is 206 g/mol. The van der Waals surface area contributed by atoms with Crippen LogP contribution in [0.25, 0.3) is 0 Å². The normalized spacial score (nSPS) is 12.3. The van der Waals surface area contributed by atoms with Gasteiger partial charge in [-0.1, -0.05) is 0 Å². The number of hydrogen-bond donors (Lipinski definition) is 1. The van der Waals surface area contributed by atoms with Gasteiger partial charge in [0.05, 0.1) is 10.9 Å². The molecule has 5 heteroatoms. The third-order valence-electron chi connectivity index (χ3n) is 1.91. The minimum absolute atomic E-state index is 0.282. The Morgan fingerprint density at radius 3 is 2.31 bits per heavy atom. The first kappa shape index (κ1) is 10.5. The Bertz CT molecular complexity index is 404. The molecule has 2 N–H and O–H groups in total. The van der Waals surface area contributed by atoms with E-state index in [0.717, 1.165) is 4.88 Å². The van der Waals surface area contributed by atoms with Crippen molar-refractivity contribution in [2.75, 3.05) is 5.73 Å². The molecule has 3 nitrogen and oxygen atoms in total. The summed E-state index contributed by atoms with van der Waals surface area (Å²) in [5, 5.41) is 1.20. The summed E-state index contributed by atoms with van der Waals surface area (Å²) in [6.07, 6.45) is 0. The maximum atomic E-state index is 11.7. The van der Waals surface area contributed by atoms with Gasteiger partial charge in [0, 0.05) is 10.3 Å². The molecule has 0 aliphatic heterocycles. The van der Waals surface area contributed by atoms with Crippen molar-refractivity contribution >= 4 is 26.9 Å². The zero-order valence-corrected chi connectivity index (χ0v) is 9.50. The molecule has 1 heterocycles. The topological polar surface area (TPSA) is 60.2 Å². The lowest BCUT2D eigenvalue weighted by atomic mass is 10.4. The van der Waals surface area contributed by atoms with Gasteiger partial charge in [-0.25, -0.2) is 8.42 Å². The van der Waals surface area contributed by atoms with Crippen molar-refractivity contribution in [1.29, 1.82) is 0 Å². The number of thiophene rings is 1. The Kier molecular flexibility index (Phi) is 2.68. The van der Waals surface area contributed by atoms with Crippen molar-refractivity contribution in [3.05, 3.63) is 10.3 Å². The Balaban J connectivity index is 3.32. The van der Waals surface area contributed by atoms with Crippen LogP contribution in [0, 0.1) is 6.92 Å². The third kappa shape index (κ3) is 1.71. The number of hydrogen-bond acceptors (Lipinski definition) is 4. The monoisotopic (exact) mass is 219 g/mol. The molecule has 0 amide bonds. The smallest absolute Gasteiger partial charge is 0.183 e. The van der Waals surface area contributed by atoms with E-state index in [1.54, 1.807) is 19.2 Å². The minimum atomic E-state index is -3.20. The Morgan fingerprint density at radius 1 is 1.46 bits per heavy atom. The fourth-order valence-corrected chi connectivity index (χ4v) is 3.28. The average molecular weight is 219 g/mol. The van der Waals surface area contributed by atoms with Gasteiger partial charge in [-0.15, -0.1) is 11.3 Å². The highest BCUT2D eigenvalue weighted by Crippen LogP contribution is 2.30. The van der Waals surface area contributed by atoms with Crippen LogP contribution in [-0.2, 0) is 9.84 Å². The highest BCUT2D eigenvalue weighted by molar-refractivity contribution is 7.92. The zero-order valence-electron chi connectivity index (χ0n) is 7.87. The minimum Gasteiger partial charge on any atom is -0.397 e. The quantitative estimate of drug-likeness (QED) is 0.825. The van der Waals surface area contributed by atoms with E-state index >= 15 is 0 Å². The van der Waals surface area contributed by atoms with Crippen molar-refractivity contribution in [3.63, 3.8) is 0 Å². The fourth-order valence-electron chi connectivity index (χ4n) is 0.917. The van der Waals surface area contributed by atoms with Crippen molar-refractivity contribution < 1.29 is 8.42 Å². The number of aryl methyl sites for hydroxylation is 1. The van der Waals surface area contributed by atoms with Gasteiger partial charge in [-0.3, -0.25) is 0 Å². The Hall–Kier alpha value is -0.550. The number of nitrogen functional groups attached to an aromatic ring is 1. The molecule has 0 fully saturated rings. The Labute approximate surface area is 82.5 Å². The molecule has 1 rings (SSSR count). The van der Waals surface area contributed by atoms with Crippen LogP contribution in [0.3, 0.4) is 0 Å². The fraction of sp³-hybridized carbons (Fsp3) is 0.500. The number of anilines is 1. The summed E-state index contributed by atoms with van der Waals surface area (Å²) in [6.45, 7) is 5.13. The van der Waals surface area contributed by atoms with E-state index in [0.29, 0.717) is 5.69 Å². The van der Waals surface area contributed by atoms with Crippen LogP contribution in [0.4, 0.5) is 5.69 Å². The second kappa shape index (κ2) is 3.31. The predicted octanol–water partition coefficient (Wildman–Crippen LogP) is 1.82. The van der Waals surface area contributed by atoms with Gasteiger partial charge in [-0.05, 0) is 20.8 Å². The molecule has 0 aliphatic rings. The summed E-state index contributed by atoms with van der Waals surface area (Å²) >= 11 is 1.37. The molecule has 0 atom stereocenters. The molecule has 0 saturated heterocycles. The van der Waals surface area contributed by atoms with E-state index in [9.17, 15) is 8.42 Å². The molecular formula is C8H13NO2S2. The van der Waals surface area contributed by atoms with E-state index < -0.39 is 15.1 Å². The van der Waals surface area contributed by atoms with E-state index in [1.807, 2.05) is 6.92 Å². The molecule has 0 aromatic carbocycles. The number of rotatable bonds is 2. The summed E-state index contributed by atoms with van der Waals surface area (Å²) < 4.78 is 23.4. The highest BCUT2D eigenvalue weighted by Gasteiger charge is 2.23. The number of sulfone groups is 1. The van der Waals surface area contributed by atoms with E-state index in [4.69, 9.17) is 5.73 Å².